The van der Waals surface area contributed by atoms with E-state index in [4.69, 9.17) is 10.00 Å². The molecule has 2 heteroatoms. The van der Waals surface area contributed by atoms with Crippen LogP contribution in [0.25, 0.3) is 0 Å². The second-order valence-electron chi connectivity index (χ2n) is 2.91. The first kappa shape index (κ1) is 10.3. The van der Waals surface area contributed by atoms with Crippen LogP contribution in [0.4, 0.5) is 0 Å². The quantitative estimate of drug-likeness (QED) is 0.524. The van der Waals surface area contributed by atoms with Crippen LogP contribution in [-0.2, 0) is 6.42 Å². The van der Waals surface area contributed by atoms with Gasteiger partial charge in [-0.05, 0) is 24.1 Å². The lowest BCUT2D eigenvalue weighted by atomic mass is 10.1. The summed E-state index contributed by atoms with van der Waals surface area (Å²) >= 11 is 0. The van der Waals surface area contributed by atoms with E-state index in [0.717, 1.165) is 17.7 Å². The van der Waals surface area contributed by atoms with Crippen LogP contribution in [0.15, 0.2) is 36.9 Å². The Balaban J connectivity index is 2.55. The van der Waals surface area contributed by atoms with Crippen molar-refractivity contribution < 1.29 is 4.74 Å². The van der Waals surface area contributed by atoms with E-state index in [1.165, 1.54) is 0 Å². The maximum atomic E-state index is 8.52. The van der Waals surface area contributed by atoms with Crippen molar-refractivity contribution in [1.29, 1.82) is 5.26 Å². The highest BCUT2D eigenvalue weighted by Crippen LogP contribution is 2.13. The molecule has 0 aromatic heterocycles. The molecule has 2 nitrogen and oxygen atoms in total. The molecule has 0 aliphatic heterocycles. The molecule has 0 fully saturated rings. The summed E-state index contributed by atoms with van der Waals surface area (Å²) in [5.41, 5.74) is 0.989. The minimum absolute atomic E-state index is 0.429. The first-order chi connectivity index (χ1) is 6.86. The fourth-order valence-electron chi connectivity index (χ4n) is 1.10. The van der Waals surface area contributed by atoms with E-state index in [0.29, 0.717) is 13.0 Å². The summed E-state index contributed by atoms with van der Waals surface area (Å²) in [4.78, 5) is 0. The van der Waals surface area contributed by atoms with Crippen LogP contribution < -0.4 is 4.74 Å². The van der Waals surface area contributed by atoms with Crippen LogP contribution in [0.5, 0.6) is 5.75 Å². The molecule has 0 saturated carbocycles. The van der Waals surface area contributed by atoms with Gasteiger partial charge in [-0.1, -0.05) is 18.2 Å². The molecule has 1 aromatic rings. The van der Waals surface area contributed by atoms with Gasteiger partial charge in [0, 0.05) is 0 Å². The van der Waals surface area contributed by atoms with Gasteiger partial charge >= 0.3 is 0 Å². The second kappa shape index (κ2) is 5.82. The molecule has 0 radical (unpaired) electrons. The fourth-order valence-corrected chi connectivity index (χ4v) is 1.10. The summed E-state index contributed by atoms with van der Waals surface area (Å²) in [5, 5.41) is 8.52. The zero-order chi connectivity index (χ0) is 10.2. The number of nitrogens with zero attached hydrogens (tertiary/aromatic N) is 1. The lowest BCUT2D eigenvalue weighted by molar-refractivity contribution is 0.325. The Kier molecular flexibility index (Phi) is 4.30. The number of benzene rings is 1. The van der Waals surface area contributed by atoms with Gasteiger partial charge in [-0.3, -0.25) is 0 Å². The molecule has 0 heterocycles. The summed E-state index contributed by atoms with van der Waals surface area (Å²) in [6.07, 6.45) is 3.08. The van der Waals surface area contributed by atoms with Crippen molar-refractivity contribution in [2.75, 3.05) is 6.61 Å². The topological polar surface area (TPSA) is 33.0 Å². The molecule has 0 aliphatic carbocycles. The van der Waals surface area contributed by atoms with Gasteiger partial charge in [0.25, 0.3) is 0 Å². The van der Waals surface area contributed by atoms with Gasteiger partial charge in [-0.2, -0.15) is 5.26 Å². The van der Waals surface area contributed by atoms with Crippen LogP contribution in [-0.4, -0.2) is 6.61 Å². The summed E-state index contributed by atoms with van der Waals surface area (Å²) < 4.78 is 5.45. The molecule has 0 aliphatic rings. The Morgan fingerprint density at radius 2 is 2.36 bits per heavy atom. The molecule has 0 unspecified atom stereocenters. The number of ether oxygens (including phenoxy) is 1. The third-order valence-corrected chi connectivity index (χ3v) is 1.77. The molecule has 1 rings (SSSR count). The molecule has 0 amide bonds. The van der Waals surface area contributed by atoms with Gasteiger partial charge in [0.15, 0.2) is 0 Å². The predicted molar refractivity (Wildman–Crippen MR) is 56.1 cm³/mol. The van der Waals surface area contributed by atoms with Gasteiger partial charge < -0.3 is 4.74 Å². The van der Waals surface area contributed by atoms with Gasteiger partial charge in [-0.15, -0.1) is 6.58 Å². The Bertz CT molecular complexity index is 338. The van der Waals surface area contributed by atoms with E-state index in [2.05, 4.69) is 12.6 Å². The average Bonchev–Trinajstić information content (AvgIpc) is 2.19. The molecule has 0 atom stereocenters. The first-order valence-corrected chi connectivity index (χ1v) is 4.56. The SMILES string of the molecule is C=CCCOc1cccc(CC#N)c1. The Morgan fingerprint density at radius 1 is 1.50 bits per heavy atom. The maximum absolute atomic E-state index is 8.52. The summed E-state index contributed by atoms with van der Waals surface area (Å²) in [6.45, 7) is 4.25. The number of nitriles is 1. The summed E-state index contributed by atoms with van der Waals surface area (Å²) in [7, 11) is 0. The van der Waals surface area contributed by atoms with Crippen molar-refractivity contribution in [3.63, 3.8) is 0 Å². The Labute approximate surface area is 84.4 Å². The van der Waals surface area contributed by atoms with Crippen molar-refractivity contribution in [3.05, 3.63) is 42.5 Å². The zero-order valence-corrected chi connectivity index (χ0v) is 8.07. The van der Waals surface area contributed by atoms with Crippen LogP contribution in [0.1, 0.15) is 12.0 Å². The Morgan fingerprint density at radius 3 is 3.07 bits per heavy atom. The second-order valence-corrected chi connectivity index (χ2v) is 2.91. The van der Waals surface area contributed by atoms with E-state index >= 15 is 0 Å². The largest absolute Gasteiger partial charge is 0.493 e. The third-order valence-electron chi connectivity index (χ3n) is 1.77. The van der Waals surface area contributed by atoms with E-state index in [9.17, 15) is 0 Å². The number of hydrogen-bond donors (Lipinski definition) is 0. The van der Waals surface area contributed by atoms with E-state index in [-0.39, 0.29) is 0 Å². The monoisotopic (exact) mass is 187 g/mol. The molecule has 14 heavy (non-hydrogen) atoms. The molecule has 0 bridgehead atoms. The van der Waals surface area contributed by atoms with Crippen LogP contribution in [0, 0.1) is 11.3 Å². The lowest BCUT2D eigenvalue weighted by Gasteiger charge is -2.04. The lowest BCUT2D eigenvalue weighted by Crippen LogP contribution is -1.95. The zero-order valence-electron chi connectivity index (χ0n) is 8.07. The summed E-state index contributed by atoms with van der Waals surface area (Å²) in [5.74, 6) is 0.819. The molecule has 0 N–H and O–H groups in total. The summed E-state index contributed by atoms with van der Waals surface area (Å²) in [6, 6.07) is 9.71. The van der Waals surface area contributed by atoms with E-state index in [1.54, 1.807) is 0 Å². The normalized spacial score (nSPS) is 9.07. The standard InChI is InChI=1S/C12H13NO/c1-2-3-9-14-12-6-4-5-11(10-12)7-8-13/h2,4-6,10H,1,3,7,9H2. The molecular weight excluding hydrogens is 174 g/mol. The molecular formula is C12H13NO. The molecule has 0 saturated heterocycles. The minimum Gasteiger partial charge on any atom is -0.493 e. The van der Waals surface area contributed by atoms with Gasteiger partial charge in [0.1, 0.15) is 5.75 Å². The molecule has 1 aromatic carbocycles. The minimum atomic E-state index is 0.429. The maximum Gasteiger partial charge on any atom is 0.119 e. The third kappa shape index (κ3) is 3.32. The number of hydrogen-bond acceptors (Lipinski definition) is 2. The van der Waals surface area contributed by atoms with Crippen molar-refractivity contribution in [3.8, 4) is 11.8 Å². The van der Waals surface area contributed by atoms with Crippen LogP contribution >= 0.6 is 0 Å². The van der Waals surface area contributed by atoms with Crippen molar-refractivity contribution in [2.45, 2.75) is 12.8 Å². The van der Waals surface area contributed by atoms with Crippen molar-refractivity contribution in [2.24, 2.45) is 0 Å². The van der Waals surface area contributed by atoms with Crippen molar-refractivity contribution >= 4 is 0 Å². The van der Waals surface area contributed by atoms with E-state index in [1.807, 2.05) is 30.3 Å². The van der Waals surface area contributed by atoms with Crippen molar-refractivity contribution in [1.82, 2.24) is 0 Å². The molecule has 72 valence electrons. The first-order valence-electron chi connectivity index (χ1n) is 4.56. The highest BCUT2D eigenvalue weighted by atomic mass is 16.5. The van der Waals surface area contributed by atoms with Gasteiger partial charge in [0.2, 0.25) is 0 Å². The smallest absolute Gasteiger partial charge is 0.119 e. The molecule has 0 spiro atoms. The van der Waals surface area contributed by atoms with E-state index < -0.39 is 0 Å². The number of rotatable bonds is 5. The predicted octanol–water partition coefficient (Wildman–Crippen LogP) is 2.71. The fraction of sp³-hybridized carbons (Fsp3) is 0.250. The van der Waals surface area contributed by atoms with Gasteiger partial charge in [-0.25, -0.2) is 0 Å². The highest BCUT2D eigenvalue weighted by molar-refractivity contribution is 5.29. The van der Waals surface area contributed by atoms with Crippen LogP contribution in [0.2, 0.25) is 0 Å². The highest BCUT2D eigenvalue weighted by Gasteiger charge is 1.95. The average molecular weight is 187 g/mol. The van der Waals surface area contributed by atoms with Crippen LogP contribution in [0.3, 0.4) is 0 Å². The Hall–Kier alpha value is -1.75. The van der Waals surface area contributed by atoms with Gasteiger partial charge in [0.05, 0.1) is 19.1 Å².